The van der Waals surface area contributed by atoms with Crippen LogP contribution in [0.3, 0.4) is 0 Å². The lowest BCUT2D eigenvalue weighted by Gasteiger charge is -2.13. The second kappa shape index (κ2) is 9.02. The number of para-hydroxylation sites is 3. The number of pyridine rings is 3. The van der Waals surface area contributed by atoms with Gasteiger partial charge in [0.25, 0.3) is 0 Å². The summed E-state index contributed by atoms with van der Waals surface area (Å²) in [5, 5.41) is 7.05. The number of imidazole rings is 1. The number of benzene rings is 5. The lowest BCUT2D eigenvalue weighted by Crippen LogP contribution is -1.97. The molecular formula is C41H24N6. The van der Waals surface area contributed by atoms with Crippen molar-refractivity contribution in [1.82, 2.24) is 28.5 Å². The summed E-state index contributed by atoms with van der Waals surface area (Å²) in [5.41, 5.74) is 11.6. The van der Waals surface area contributed by atoms with Gasteiger partial charge in [-0.2, -0.15) is 0 Å². The first-order valence-corrected chi connectivity index (χ1v) is 15.8. The van der Waals surface area contributed by atoms with Crippen LogP contribution in [0.25, 0.3) is 93.5 Å². The van der Waals surface area contributed by atoms with Gasteiger partial charge < -0.3 is 9.13 Å². The van der Waals surface area contributed by atoms with Crippen molar-refractivity contribution < 1.29 is 0 Å². The normalized spacial score (nSPS) is 12.3. The molecule has 5 aromatic carbocycles. The van der Waals surface area contributed by atoms with Gasteiger partial charge in [0.1, 0.15) is 5.65 Å². The number of hydrogen-bond donors (Lipinski definition) is 0. The van der Waals surface area contributed by atoms with Gasteiger partial charge in [-0.1, -0.05) is 60.7 Å². The Morgan fingerprint density at radius 1 is 0.447 bits per heavy atom. The molecule has 0 aliphatic carbocycles. The third-order valence-corrected chi connectivity index (χ3v) is 9.72. The third kappa shape index (κ3) is 3.16. The number of fused-ring (bicyclic) bond motifs is 16. The van der Waals surface area contributed by atoms with Crippen LogP contribution in [-0.4, -0.2) is 28.5 Å². The highest BCUT2D eigenvalue weighted by molar-refractivity contribution is 6.34. The summed E-state index contributed by atoms with van der Waals surface area (Å²) in [5.74, 6) is 0. The van der Waals surface area contributed by atoms with Crippen molar-refractivity contribution in [3.8, 4) is 11.4 Å². The van der Waals surface area contributed by atoms with Gasteiger partial charge in [0, 0.05) is 56.1 Å². The van der Waals surface area contributed by atoms with E-state index in [4.69, 9.17) is 9.97 Å². The van der Waals surface area contributed by atoms with E-state index >= 15 is 0 Å². The molecule has 218 valence electrons. The van der Waals surface area contributed by atoms with Crippen LogP contribution in [0.15, 0.2) is 146 Å². The Hall–Kier alpha value is -6.53. The predicted molar refractivity (Wildman–Crippen MR) is 192 cm³/mol. The summed E-state index contributed by atoms with van der Waals surface area (Å²) in [7, 11) is 0. The highest BCUT2D eigenvalue weighted by Crippen LogP contribution is 2.45. The van der Waals surface area contributed by atoms with E-state index in [2.05, 4.69) is 134 Å². The molecule has 6 nitrogen and oxygen atoms in total. The summed E-state index contributed by atoms with van der Waals surface area (Å²) in [4.78, 5) is 14.7. The number of nitrogens with zero attached hydrogens (tertiary/aromatic N) is 6. The molecule has 0 amide bonds. The highest BCUT2D eigenvalue weighted by Gasteiger charge is 2.24. The van der Waals surface area contributed by atoms with Crippen molar-refractivity contribution in [3.05, 3.63) is 146 Å². The number of hydrogen-bond acceptors (Lipinski definition) is 3. The standard InChI is InChI=1S/C41H24N6/c1-3-10-25(11-4-1)45-31-15-8-7-14-27(31)36-32(45)19-20-33-37(36)28-17-18-29-38(40(28)46(33)26-12-5-2-6-13-26)39-34(16-9-22-43-39)47-35-24-42-23-21-30(35)44-41(29)47/h1-24H. The van der Waals surface area contributed by atoms with Crippen LogP contribution in [0.2, 0.25) is 0 Å². The van der Waals surface area contributed by atoms with Crippen LogP contribution in [0.1, 0.15) is 0 Å². The first-order valence-electron chi connectivity index (χ1n) is 15.8. The molecule has 0 atom stereocenters. The molecule has 0 aliphatic heterocycles. The van der Waals surface area contributed by atoms with Crippen LogP contribution in [0, 0.1) is 0 Å². The predicted octanol–water partition coefficient (Wildman–Crippen LogP) is 9.78. The molecule has 0 bridgehead atoms. The fourth-order valence-corrected chi connectivity index (χ4v) is 7.90. The van der Waals surface area contributed by atoms with Crippen molar-refractivity contribution >= 4 is 82.1 Å². The summed E-state index contributed by atoms with van der Waals surface area (Å²) < 4.78 is 7.03. The van der Waals surface area contributed by atoms with Gasteiger partial charge in [0.05, 0.1) is 50.3 Å². The fourth-order valence-electron chi connectivity index (χ4n) is 7.90. The lowest BCUT2D eigenvalue weighted by atomic mass is 10.0. The molecule has 0 radical (unpaired) electrons. The molecule has 11 rings (SSSR count). The van der Waals surface area contributed by atoms with E-state index in [0.29, 0.717) is 0 Å². The molecule has 0 fully saturated rings. The van der Waals surface area contributed by atoms with Crippen LogP contribution in [0.5, 0.6) is 0 Å². The minimum Gasteiger partial charge on any atom is -0.309 e. The molecule has 6 aromatic heterocycles. The van der Waals surface area contributed by atoms with Gasteiger partial charge >= 0.3 is 0 Å². The Morgan fingerprint density at radius 2 is 1.13 bits per heavy atom. The maximum absolute atomic E-state index is 5.17. The summed E-state index contributed by atoms with van der Waals surface area (Å²) >= 11 is 0. The third-order valence-electron chi connectivity index (χ3n) is 9.72. The Bertz CT molecular complexity index is 3060. The van der Waals surface area contributed by atoms with E-state index in [0.717, 1.165) is 60.9 Å². The van der Waals surface area contributed by atoms with E-state index in [1.54, 1.807) is 6.20 Å². The molecule has 47 heavy (non-hydrogen) atoms. The molecule has 0 saturated carbocycles. The highest BCUT2D eigenvalue weighted by atomic mass is 15.0. The maximum atomic E-state index is 5.17. The van der Waals surface area contributed by atoms with Crippen molar-refractivity contribution in [2.75, 3.05) is 0 Å². The fraction of sp³-hybridized carbons (Fsp3) is 0. The van der Waals surface area contributed by atoms with Gasteiger partial charge in [0.2, 0.25) is 0 Å². The van der Waals surface area contributed by atoms with E-state index in [1.807, 2.05) is 24.5 Å². The SMILES string of the molecule is c1ccc(-n2c3ccccc3c3c4c5ccc6c(c7ncccc7n7c8cnccc8nc67)c5n(-c5ccccc5)c4ccc32)cc1. The minimum atomic E-state index is 0.904. The van der Waals surface area contributed by atoms with Crippen LogP contribution < -0.4 is 0 Å². The van der Waals surface area contributed by atoms with Gasteiger partial charge in [-0.05, 0) is 66.7 Å². The van der Waals surface area contributed by atoms with Crippen LogP contribution in [0.4, 0.5) is 0 Å². The van der Waals surface area contributed by atoms with Gasteiger partial charge in [0.15, 0.2) is 0 Å². The average molecular weight is 601 g/mol. The van der Waals surface area contributed by atoms with Crippen LogP contribution in [-0.2, 0) is 0 Å². The quantitative estimate of drug-likeness (QED) is 0.186. The molecule has 6 heteroatoms. The topological polar surface area (TPSA) is 52.9 Å². The van der Waals surface area contributed by atoms with Crippen LogP contribution >= 0.6 is 0 Å². The molecule has 0 aliphatic rings. The molecule has 11 aromatic rings. The average Bonchev–Trinajstić information content (AvgIpc) is 3.80. The summed E-state index contributed by atoms with van der Waals surface area (Å²) in [6.45, 7) is 0. The van der Waals surface area contributed by atoms with Gasteiger partial charge in [-0.15, -0.1) is 0 Å². The summed E-state index contributed by atoms with van der Waals surface area (Å²) in [6, 6.07) is 45.3. The molecule has 0 spiro atoms. The zero-order chi connectivity index (χ0) is 30.6. The molecule has 0 saturated heterocycles. The lowest BCUT2D eigenvalue weighted by molar-refractivity contribution is 1.17. The smallest absolute Gasteiger partial charge is 0.146 e. The van der Waals surface area contributed by atoms with E-state index < -0.39 is 0 Å². The first kappa shape index (κ1) is 24.8. The Labute approximate surface area is 267 Å². The van der Waals surface area contributed by atoms with E-state index in [9.17, 15) is 0 Å². The van der Waals surface area contributed by atoms with Gasteiger partial charge in [-0.3, -0.25) is 14.4 Å². The zero-order valence-corrected chi connectivity index (χ0v) is 25.0. The molecule has 0 N–H and O–H groups in total. The zero-order valence-electron chi connectivity index (χ0n) is 25.0. The molecule has 6 heterocycles. The second-order valence-electron chi connectivity index (χ2n) is 12.1. The Balaban J connectivity index is 1.43. The van der Waals surface area contributed by atoms with E-state index in [-0.39, 0.29) is 0 Å². The maximum Gasteiger partial charge on any atom is 0.146 e. The van der Waals surface area contributed by atoms with Crippen molar-refractivity contribution in [3.63, 3.8) is 0 Å². The van der Waals surface area contributed by atoms with Crippen molar-refractivity contribution in [2.24, 2.45) is 0 Å². The number of aromatic nitrogens is 6. The Kier molecular flexibility index (Phi) is 4.75. The molecular weight excluding hydrogens is 576 g/mol. The van der Waals surface area contributed by atoms with Crippen molar-refractivity contribution in [2.45, 2.75) is 0 Å². The molecule has 0 unspecified atom stereocenters. The Morgan fingerprint density at radius 3 is 1.96 bits per heavy atom. The first-order chi connectivity index (χ1) is 23.4. The summed E-state index contributed by atoms with van der Waals surface area (Å²) in [6.07, 6.45) is 5.59. The largest absolute Gasteiger partial charge is 0.309 e. The monoisotopic (exact) mass is 600 g/mol. The van der Waals surface area contributed by atoms with E-state index in [1.165, 1.54) is 32.6 Å². The minimum absolute atomic E-state index is 0.904. The van der Waals surface area contributed by atoms with Gasteiger partial charge in [-0.25, -0.2) is 4.98 Å². The number of rotatable bonds is 2. The second-order valence-corrected chi connectivity index (χ2v) is 12.1. The van der Waals surface area contributed by atoms with Crippen molar-refractivity contribution in [1.29, 1.82) is 0 Å².